The lowest BCUT2D eigenvalue weighted by atomic mass is 9.83. The normalized spacial score (nSPS) is 18.9. The number of primary amides is 1. The Morgan fingerprint density at radius 1 is 1.13 bits per heavy atom. The summed E-state index contributed by atoms with van der Waals surface area (Å²) in [7, 11) is 0. The number of para-hydroxylation sites is 1. The molecule has 0 radical (unpaired) electrons. The molecule has 0 bridgehead atoms. The quantitative estimate of drug-likeness (QED) is 0.420. The molecule has 1 saturated carbocycles. The maximum absolute atomic E-state index is 13.6. The number of hydrogen-bond acceptors (Lipinski definition) is 4. The molecule has 0 saturated heterocycles. The maximum Gasteiger partial charge on any atom is 0.389 e. The smallest absolute Gasteiger partial charge is 0.369 e. The number of hydrogen-bond donors (Lipinski definition) is 3. The highest BCUT2D eigenvalue weighted by Gasteiger charge is 2.41. The Kier molecular flexibility index (Phi) is 7.84. The molecule has 7 nitrogen and oxygen atoms in total. The molecule has 1 aliphatic heterocycles. The van der Waals surface area contributed by atoms with E-state index in [-0.39, 0.29) is 18.1 Å². The summed E-state index contributed by atoms with van der Waals surface area (Å²) < 4.78 is 52.9. The van der Waals surface area contributed by atoms with Gasteiger partial charge in [-0.25, -0.2) is 9.38 Å². The van der Waals surface area contributed by atoms with E-state index >= 15 is 0 Å². The van der Waals surface area contributed by atoms with Gasteiger partial charge < -0.3 is 16.4 Å². The van der Waals surface area contributed by atoms with Crippen LogP contribution in [-0.4, -0.2) is 35.8 Å². The van der Waals surface area contributed by atoms with E-state index in [2.05, 4.69) is 15.6 Å². The lowest BCUT2D eigenvalue weighted by Gasteiger charge is -2.26. The second-order valence-corrected chi connectivity index (χ2v) is 9.83. The first-order valence-electron chi connectivity index (χ1n) is 12.3. The van der Waals surface area contributed by atoms with Crippen LogP contribution in [0.2, 0.25) is 0 Å². The van der Waals surface area contributed by atoms with Gasteiger partial charge in [0.2, 0.25) is 18.0 Å². The van der Waals surface area contributed by atoms with Crippen molar-refractivity contribution in [3.63, 3.8) is 0 Å². The van der Waals surface area contributed by atoms with Gasteiger partial charge in [-0.3, -0.25) is 14.4 Å². The van der Waals surface area contributed by atoms with Crippen molar-refractivity contribution in [2.24, 2.45) is 28.5 Å². The number of amides is 3. The van der Waals surface area contributed by atoms with Crippen LogP contribution in [0.5, 0.6) is 0 Å². The molecule has 1 fully saturated rings. The van der Waals surface area contributed by atoms with E-state index in [1.807, 2.05) is 0 Å². The molecular formula is C27H28F4N4O3. The number of benzodiazepines with no additional fused rings is 1. The summed E-state index contributed by atoms with van der Waals surface area (Å²) in [6.45, 7) is 1.77. The minimum absolute atomic E-state index is 0.121. The summed E-state index contributed by atoms with van der Waals surface area (Å²) in [6, 6.07) is 10.6. The minimum atomic E-state index is -4.55. The van der Waals surface area contributed by atoms with Crippen molar-refractivity contribution >= 4 is 29.1 Å². The Labute approximate surface area is 216 Å². The number of nitrogens with two attached hydrogens (primary N) is 1. The molecule has 0 spiro atoms. The third-order valence-corrected chi connectivity index (χ3v) is 6.89. The monoisotopic (exact) mass is 532 g/mol. The van der Waals surface area contributed by atoms with Crippen LogP contribution in [0.15, 0.2) is 47.5 Å². The zero-order chi connectivity index (χ0) is 27.6. The van der Waals surface area contributed by atoms with E-state index in [1.165, 1.54) is 24.3 Å². The number of carbonyl (C=O) groups is 3. The number of aryl methyl sites for hydroxylation is 1. The first kappa shape index (κ1) is 27.3. The Morgan fingerprint density at radius 2 is 1.82 bits per heavy atom. The van der Waals surface area contributed by atoms with Crippen molar-refractivity contribution in [1.29, 1.82) is 0 Å². The predicted octanol–water partition coefficient (Wildman–Crippen LogP) is 4.23. The number of carbonyl (C=O) groups excluding carboxylic acids is 3. The Balaban J connectivity index is 1.69. The lowest BCUT2D eigenvalue weighted by Crippen LogP contribution is -2.48. The number of aliphatic imine (C=N–C) groups is 1. The van der Waals surface area contributed by atoms with Crippen molar-refractivity contribution in [2.75, 3.05) is 5.32 Å². The van der Waals surface area contributed by atoms with Gasteiger partial charge in [0.25, 0.3) is 5.91 Å². The van der Waals surface area contributed by atoms with Crippen LogP contribution < -0.4 is 16.4 Å². The fraction of sp³-hybridized carbons (Fsp3) is 0.407. The van der Waals surface area contributed by atoms with E-state index < -0.39 is 60.6 Å². The van der Waals surface area contributed by atoms with Crippen molar-refractivity contribution in [1.82, 2.24) is 5.32 Å². The summed E-state index contributed by atoms with van der Waals surface area (Å²) in [6.07, 6.45) is -6.18. The highest BCUT2D eigenvalue weighted by atomic mass is 19.4. The molecule has 1 heterocycles. The van der Waals surface area contributed by atoms with Crippen molar-refractivity contribution < 1.29 is 31.9 Å². The van der Waals surface area contributed by atoms with Crippen molar-refractivity contribution in [3.05, 3.63) is 65.0 Å². The van der Waals surface area contributed by atoms with Crippen molar-refractivity contribution in [2.45, 2.75) is 51.4 Å². The SMILES string of the molecule is Cc1cccc2c1NC(=O)[C@@H](NC(=O)[C@H](CCC(F)(F)F)[C@H](CC1CC1)C(N)=O)N=C2c1ccc(F)cc1. The second kappa shape index (κ2) is 10.9. The maximum atomic E-state index is 13.6. The predicted molar refractivity (Wildman–Crippen MR) is 133 cm³/mol. The van der Waals surface area contributed by atoms with E-state index in [0.29, 0.717) is 22.4 Å². The summed E-state index contributed by atoms with van der Waals surface area (Å²) in [5, 5.41) is 5.18. The molecule has 38 heavy (non-hydrogen) atoms. The molecule has 4 rings (SSSR count). The third kappa shape index (κ3) is 6.56. The highest BCUT2D eigenvalue weighted by Crippen LogP contribution is 2.39. The second-order valence-electron chi connectivity index (χ2n) is 9.83. The molecule has 202 valence electrons. The van der Waals surface area contributed by atoms with Crippen LogP contribution >= 0.6 is 0 Å². The van der Waals surface area contributed by atoms with Gasteiger partial charge in [-0.2, -0.15) is 13.2 Å². The number of anilines is 1. The Hall–Kier alpha value is -3.76. The number of nitrogens with one attached hydrogen (secondary N) is 2. The molecule has 2 aromatic rings. The van der Waals surface area contributed by atoms with E-state index in [9.17, 15) is 31.9 Å². The average Bonchev–Trinajstić information content (AvgIpc) is 3.67. The zero-order valence-corrected chi connectivity index (χ0v) is 20.6. The summed E-state index contributed by atoms with van der Waals surface area (Å²) >= 11 is 0. The van der Waals surface area contributed by atoms with E-state index in [1.54, 1.807) is 25.1 Å². The average molecular weight is 533 g/mol. The number of alkyl halides is 3. The van der Waals surface area contributed by atoms with Crippen molar-refractivity contribution in [3.8, 4) is 0 Å². The molecule has 1 aliphatic carbocycles. The molecule has 0 unspecified atom stereocenters. The number of rotatable bonds is 9. The first-order chi connectivity index (χ1) is 17.9. The number of nitrogens with zero attached hydrogens (tertiary/aromatic N) is 1. The van der Waals surface area contributed by atoms with Crippen LogP contribution in [0, 0.1) is 30.5 Å². The van der Waals surface area contributed by atoms with Gasteiger partial charge in [-0.15, -0.1) is 0 Å². The molecule has 11 heteroatoms. The van der Waals surface area contributed by atoms with E-state index in [0.717, 1.165) is 12.8 Å². The first-order valence-corrected chi connectivity index (χ1v) is 12.3. The van der Waals surface area contributed by atoms with Crippen LogP contribution in [0.4, 0.5) is 23.2 Å². The molecule has 0 aromatic heterocycles. The van der Waals surface area contributed by atoms with Gasteiger partial charge in [0.1, 0.15) is 5.82 Å². The fourth-order valence-electron chi connectivity index (χ4n) is 4.68. The largest absolute Gasteiger partial charge is 0.389 e. The molecule has 2 aromatic carbocycles. The number of halogens is 4. The minimum Gasteiger partial charge on any atom is -0.369 e. The standard InChI is InChI=1S/C27H28F4N4O3/c1-14-3-2-4-19-21(14)34-26(38)24(33-22(19)16-7-9-17(28)10-8-16)35-25(37)18(11-12-27(29,30)31)20(23(32)36)13-15-5-6-15/h2-4,7-10,15,18,20,24H,5-6,11-13H2,1H3,(H2,32,36)(H,34,38)(H,35,37)/t18-,20+,24-/m1/s1. The topological polar surface area (TPSA) is 114 Å². The molecule has 4 N–H and O–H groups in total. The third-order valence-electron chi connectivity index (χ3n) is 6.89. The Bertz CT molecular complexity index is 1260. The molecular weight excluding hydrogens is 504 g/mol. The fourth-order valence-corrected chi connectivity index (χ4v) is 4.68. The van der Waals surface area contributed by atoms with Crippen LogP contribution in [0.25, 0.3) is 0 Å². The number of benzene rings is 2. The lowest BCUT2D eigenvalue weighted by molar-refractivity contribution is -0.146. The zero-order valence-electron chi connectivity index (χ0n) is 20.6. The molecule has 3 atom stereocenters. The van der Waals surface area contributed by atoms with Gasteiger partial charge in [-0.1, -0.05) is 31.0 Å². The van der Waals surface area contributed by atoms with Gasteiger partial charge >= 0.3 is 6.18 Å². The van der Waals surface area contributed by atoms with Crippen LogP contribution in [0.3, 0.4) is 0 Å². The van der Waals surface area contributed by atoms with Crippen LogP contribution in [0.1, 0.15) is 48.8 Å². The van der Waals surface area contributed by atoms with Gasteiger partial charge in [0, 0.05) is 29.4 Å². The molecule has 2 aliphatic rings. The van der Waals surface area contributed by atoms with E-state index in [4.69, 9.17) is 5.73 Å². The highest BCUT2D eigenvalue weighted by molar-refractivity contribution is 6.20. The number of fused-ring (bicyclic) bond motifs is 1. The summed E-state index contributed by atoms with van der Waals surface area (Å²) in [4.78, 5) is 43.2. The summed E-state index contributed by atoms with van der Waals surface area (Å²) in [5.41, 5.74) is 7.94. The van der Waals surface area contributed by atoms with Gasteiger partial charge in [-0.05, 0) is 55.5 Å². The van der Waals surface area contributed by atoms with Gasteiger partial charge in [0.15, 0.2) is 0 Å². The van der Waals surface area contributed by atoms with Gasteiger partial charge in [0.05, 0.1) is 11.4 Å². The summed E-state index contributed by atoms with van der Waals surface area (Å²) in [5.74, 6) is -5.34. The van der Waals surface area contributed by atoms with Crippen LogP contribution in [-0.2, 0) is 14.4 Å². The molecule has 3 amide bonds. The Morgan fingerprint density at radius 3 is 2.42 bits per heavy atom.